The van der Waals surface area contributed by atoms with Crippen molar-refractivity contribution in [1.82, 2.24) is 20.2 Å². The van der Waals surface area contributed by atoms with Gasteiger partial charge in [0.15, 0.2) is 0 Å². The highest BCUT2D eigenvalue weighted by Crippen LogP contribution is 2.30. The molecule has 0 aliphatic heterocycles. The van der Waals surface area contributed by atoms with Gasteiger partial charge >= 0.3 is 0 Å². The predicted octanol–water partition coefficient (Wildman–Crippen LogP) is 4.37. The summed E-state index contributed by atoms with van der Waals surface area (Å²) in [6.45, 7) is 1.53. The third-order valence-corrected chi connectivity index (χ3v) is 5.91. The van der Waals surface area contributed by atoms with Crippen LogP contribution in [-0.2, 0) is 6.42 Å². The SMILES string of the molecule is CNC(=O)c1cc(Oc2ccc3nc(Cc4cccc(OCCN(C)C)c4)sc3c2)ccn1. The molecule has 0 fully saturated rings. The lowest BCUT2D eigenvalue weighted by atomic mass is 10.1. The fraction of sp³-hybridized carbons (Fsp3) is 0.240. The Morgan fingerprint density at radius 1 is 1.06 bits per heavy atom. The highest BCUT2D eigenvalue weighted by Gasteiger charge is 2.10. The number of ether oxygens (including phenoxy) is 2. The van der Waals surface area contributed by atoms with Gasteiger partial charge in [-0.2, -0.15) is 0 Å². The quantitative estimate of drug-likeness (QED) is 0.398. The van der Waals surface area contributed by atoms with Crippen LogP contribution in [0.3, 0.4) is 0 Å². The molecule has 2 aromatic carbocycles. The summed E-state index contributed by atoms with van der Waals surface area (Å²) in [5, 5.41) is 3.59. The average Bonchev–Trinajstić information content (AvgIpc) is 3.20. The molecule has 0 saturated heterocycles. The van der Waals surface area contributed by atoms with Crippen LogP contribution in [0.4, 0.5) is 0 Å². The number of carbonyl (C=O) groups excluding carboxylic acids is 1. The normalized spacial score (nSPS) is 11.0. The number of nitrogens with zero attached hydrogens (tertiary/aromatic N) is 3. The highest BCUT2D eigenvalue weighted by molar-refractivity contribution is 7.18. The first-order chi connectivity index (χ1) is 16.0. The maximum absolute atomic E-state index is 11.8. The van der Waals surface area contributed by atoms with E-state index in [2.05, 4.69) is 27.3 Å². The van der Waals surface area contributed by atoms with E-state index in [1.807, 2.05) is 44.4 Å². The minimum Gasteiger partial charge on any atom is -0.492 e. The Bertz CT molecular complexity index is 1260. The number of likely N-dealkylation sites (N-methyl/N-ethyl adjacent to an activating group) is 1. The first kappa shape index (κ1) is 22.7. The lowest BCUT2D eigenvalue weighted by Gasteiger charge is -2.11. The fourth-order valence-corrected chi connectivity index (χ4v) is 4.25. The van der Waals surface area contributed by atoms with Gasteiger partial charge in [-0.05, 0) is 50.0 Å². The Labute approximate surface area is 197 Å². The number of hydrogen-bond acceptors (Lipinski definition) is 7. The summed E-state index contributed by atoms with van der Waals surface area (Å²) >= 11 is 1.64. The number of hydrogen-bond donors (Lipinski definition) is 1. The lowest BCUT2D eigenvalue weighted by Crippen LogP contribution is -2.19. The van der Waals surface area contributed by atoms with Gasteiger partial charge in [-0.25, -0.2) is 4.98 Å². The summed E-state index contributed by atoms with van der Waals surface area (Å²) in [4.78, 5) is 22.7. The average molecular weight is 463 g/mol. The molecular weight excluding hydrogens is 436 g/mol. The van der Waals surface area contributed by atoms with E-state index in [9.17, 15) is 4.79 Å². The van der Waals surface area contributed by atoms with Gasteiger partial charge in [-0.3, -0.25) is 9.78 Å². The van der Waals surface area contributed by atoms with Gasteiger partial charge in [-0.15, -0.1) is 11.3 Å². The minimum atomic E-state index is -0.254. The molecule has 4 rings (SSSR count). The van der Waals surface area contributed by atoms with Crippen LogP contribution in [0.25, 0.3) is 10.2 Å². The van der Waals surface area contributed by atoms with Crippen molar-refractivity contribution < 1.29 is 14.3 Å². The van der Waals surface area contributed by atoms with Crippen LogP contribution in [0.15, 0.2) is 60.8 Å². The van der Waals surface area contributed by atoms with Crippen LogP contribution in [0.5, 0.6) is 17.2 Å². The van der Waals surface area contributed by atoms with Crippen LogP contribution in [-0.4, -0.2) is 55.1 Å². The van der Waals surface area contributed by atoms with Crippen molar-refractivity contribution in [2.45, 2.75) is 6.42 Å². The second-order valence-corrected chi connectivity index (χ2v) is 8.89. The maximum Gasteiger partial charge on any atom is 0.269 e. The van der Waals surface area contributed by atoms with E-state index in [1.165, 1.54) is 0 Å². The largest absolute Gasteiger partial charge is 0.492 e. The molecule has 0 aliphatic carbocycles. The molecule has 0 unspecified atom stereocenters. The molecule has 8 heteroatoms. The van der Waals surface area contributed by atoms with Gasteiger partial charge in [0.2, 0.25) is 0 Å². The zero-order valence-corrected chi connectivity index (χ0v) is 19.7. The summed E-state index contributed by atoms with van der Waals surface area (Å²) in [5.41, 5.74) is 2.40. The third-order valence-electron chi connectivity index (χ3n) is 4.89. The second-order valence-electron chi connectivity index (χ2n) is 7.77. The Kier molecular flexibility index (Phi) is 7.16. The van der Waals surface area contributed by atoms with Crippen molar-refractivity contribution >= 4 is 27.5 Å². The van der Waals surface area contributed by atoms with E-state index in [0.717, 1.165) is 39.5 Å². The first-order valence-electron chi connectivity index (χ1n) is 10.6. The van der Waals surface area contributed by atoms with E-state index < -0.39 is 0 Å². The highest BCUT2D eigenvalue weighted by atomic mass is 32.1. The van der Waals surface area contributed by atoms with E-state index in [1.54, 1.807) is 36.7 Å². The Morgan fingerprint density at radius 3 is 2.73 bits per heavy atom. The molecule has 0 atom stereocenters. The number of aromatic nitrogens is 2. The van der Waals surface area contributed by atoms with Crippen LogP contribution in [0.2, 0.25) is 0 Å². The van der Waals surface area contributed by atoms with E-state index in [0.29, 0.717) is 23.8 Å². The monoisotopic (exact) mass is 462 g/mol. The standard InChI is InChI=1S/C25H26N4O3S/c1-26-25(30)22-15-20(9-10-27-22)32-19-7-8-21-23(16-19)33-24(28-21)14-17-5-4-6-18(13-17)31-12-11-29(2)3/h4-10,13,15-16H,11-12,14H2,1-3H3,(H,26,30). The summed E-state index contributed by atoms with van der Waals surface area (Å²) in [7, 11) is 5.63. The van der Waals surface area contributed by atoms with Crippen LogP contribution >= 0.6 is 11.3 Å². The second kappa shape index (κ2) is 10.4. The maximum atomic E-state index is 11.8. The molecular formula is C25H26N4O3S. The zero-order valence-electron chi connectivity index (χ0n) is 18.9. The van der Waals surface area contributed by atoms with Crippen molar-refractivity contribution in [3.8, 4) is 17.2 Å². The summed E-state index contributed by atoms with van der Waals surface area (Å²) in [6, 6.07) is 17.3. The van der Waals surface area contributed by atoms with Gasteiger partial charge in [0.1, 0.15) is 29.5 Å². The Morgan fingerprint density at radius 2 is 1.91 bits per heavy atom. The lowest BCUT2D eigenvalue weighted by molar-refractivity contribution is 0.0958. The van der Waals surface area contributed by atoms with Gasteiger partial charge in [0, 0.05) is 38.3 Å². The molecule has 2 heterocycles. The number of pyridine rings is 1. The number of nitrogens with one attached hydrogen (secondary N) is 1. The molecule has 7 nitrogen and oxygen atoms in total. The Hall–Kier alpha value is -3.49. The zero-order chi connectivity index (χ0) is 23.2. The molecule has 4 aromatic rings. The van der Waals surface area contributed by atoms with E-state index in [-0.39, 0.29) is 5.91 Å². The van der Waals surface area contributed by atoms with Gasteiger partial charge in [-0.1, -0.05) is 12.1 Å². The summed E-state index contributed by atoms with van der Waals surface area (Å²) in [6.07, 6.45) is 2.29. The van der Waals surface area contributed by atoms with Crippen molar-refractivity contribution in [1.29, 1.82) is 0 Å². The topological polar surface area (TPSA) is 76.6 Å². The molecule has 1 N–H and O–H groups in total. The molecule has 170 valence electrons. The molecule has 2 aromatic heterocycles. The molecule has 0 spiro atoms. The number of amides is 1. The molecule has 0 saturated carbocycles. The predicted molar refractivity (Wildman–Crippen MR) is 131 cm³/mol. The van der Waals surface area contributed by atoms with E-state index >= 15 is 0 Å². The number of rotatable bonds is 9. The summed E-state index contributed by atoms with van der Waals surface area (Å²) < 4.78 is 12.9. The van der Waals surface area contributed by atoms with Crippen LogP contribution in [0, 0.1) is 0 Å². The van der Waals surface area contributed by atoms with Crippen molar-refractivity contribution in [2.24, 2.45) is 0 Å². The van der Waals surface area contributed by atoms with E-state index in [4.69, 9.17) is 14.5 Å². The first-order valence-corrected chi connectivity index (χ1v) is 11.4. The Balaban J connectivity index is 1.46. The fourth-order valence-electron chi connectivity index (χ4n) is 3.22. The number of carbonyl (C=O) groups is 1. The molecule has 0 aliphatic rings. The number of fused-ring (bicyclic) bond motifs is 1. The van der Waals surface area contributed by atoms with Crippen molar-refractivity contribution in [2.75, 3.05) is 34.3 Å². The van der Waals surface area contributed by atoms with Crippen LogP contribution < -0.4 is 14.8 Å². The molecule has 1 amide bonds. The molecule has 0 radical (unpaired) electrons. The number of thiazole rings is 1. The minimum absolute atomic E-state index is 0.254. The number of benzene rings is 2. The van der Waals surface area contributed by atoms with Crippen molar-refractivity contribution in [3.05, 3.63) is 77.1 Å². The van der Waals surface area contributed by atoms with Gasteiger partial charge < -0.3 is 19.7 Å². The van der Waals surface area contributed by atoms with Crippen LogP contribution in [0.1, 0.15) is 21.1 Å². The van der Waals surface area contributed by atoms with Gasteiger partial charge in [0.25, 0.3) is 5.91 Å². The summed E-state index contributed by atoms with van der Waals surface area (Å²) in [5.74, 6) is 1.86. The third kappa shape index (κ3) is 6.06. The molecule has 0 bridgehead atoms. The van der Waals surface area contributed by atoms with Gasteiger partial charge in [0.05, 0.1) is 15.2 Å². The van der Waals surface area contributed by atoms with Crippen molar-refractivity contribution in [3.63, 3.8) is 0 Å². The smallest absolute Gasteiger partial charge is 0.269 e. The molecule has 33 heavy (non-hydrogen) atoms.